The van der Waals surface area contributed by atoms with Gasteiger partial charge in [-0.2, -0.15) is 13.2 Å². The lowest BCUT2D eigenvalue weighted by atomic mass is 10.1. The molecule has 0 spiro atoms. The summed E-state index contributed by atoms with van der Waals surface area (Å²) in [4.78, 5) is 28.6. The number of halogens is 3. The van der Waals surface area contributed by atoms with Gasteiger partial charge in [-0.05, 0) is 74.7 Å². The highest BCUT2D eigenvalue weighted by Crippen LogP contribution is 2.33. The van der Waals surface area contributed by atoms with Crippen molar-refractivity contribution in [1.82, 2.24) is 10.2 Å². The topological polar surface area (TPSA) is 96.0 Å². The third-order valence-electron chi connectivity index (χ3n) is 7.22. The van der Waals surface area contributed by atoms with E-state index < -0.39 is 46.2 Å². The van der Waals surface area contributed by atoms with Crippen LogP contribution in [0.4, 0.5) is 18.9 Å². The van der Waals surface area contributed by atoms with E-state index in [0.717, 1.165) is 17.7 Å². The summed E-state index contributed by atoms with van der Waals surface area (Å²) in [6.07, 6.45) is -3.91. The molecule has 0 saturated carbocycles. The summed E-state index contributed by atoms with van der Waals surface area (Å²) < 4.78 is 74.8. The van der Waals surface area contributed by atoms with Gasteiger partial charge in [0.15, 0.2) is 0 Å². The second-order valence-corrected chi connectivity index (χ2v) is 12.4. The first-order valence-electron chi connectivity index (χ1n) is 14.2. The lowest BCUT2D eigenvalue weighted by molar-refractivity contribution is -0.140. The molecule has 0 saturated heterocycles. The molecule has 238 valence electrons. The van der Waals surface area contributed by atoms with Crippen LogP contribution in [-0.2, 0) is 32.3 Å². The molecule has 12 heteroatoms. The lowest BCUT2D eigenvalue weighted by Gasteiger charge is -2.34. The van der Waals surface area contributed by atoms with Gasteiger partial charge in [-0.25, -0.2) is 8.42 Å². The number of amides is 2. The number of alkyl halides is 3. The van der Waals surface area contributed by atoms with Crippen LogP contribution in [0.5, 0.6) is 5.75 Å². The van der Waals surface area contributed by atoms with Crippen LogP contribution in [0.2, 0.25) is 0 Å². The van der Waals surface area contributed by atoms with E-state index in [2.05, 4.69) is 5.32 Å². The molecule has 0 aliphatic heterocycles. The molecular weight excluding hydrogens is 595 g/mol. The molecule has 2 atom stereocenters. The normalized spacial score (nSPS) is 13.1. The number of carbonyl (C=O) groups excluding carboxylic acids is 2. The molecule has 44 heavy (non-hydrogen) atoms. The molecule has 0 unspecified atom stereocenters. The molecule has 2 amide bonds. The van der Waals surface area contributed by atoms with Crippen molar-refractivity contribution in [3.63, 3.8) is 0 Å². The fraction of sp³-hybridized carbons (Fsp3) is 0.375. The molecule has 8 nitrogen and oxygen atoms in total. The van der Waals surface area contributed by atoms with Crippen LogP contribution in [0.15, 0.2) is 77.7 Å². The van der Waals surface area contributed by atoms with Gasteiger partial charge in [-0.1, -0.05) is 49.7 Å². The number of anilines is 1. The monoisotopic (exact) mass is 633 g/mol. The van der Waals surface area contributed by atoms with Crippen LogP contribution in [0.25, 0.3) is 0 Å². The summed E-state index contributed by atoms with van der Waals surface area (Å²) in [6.45, 7) is 6.27. The maximum atomic E-state index is 14.1. The van der Waals surface area contributed by atoms with Gasteiger partial charge in [-0.15, -0.1) is 0 Å². The molecule has 3 aromatic rings. The molecule has 0 heterocycles. The molecular formula is C32H38F3N3O5S. The Kier molecular flexibility index (Phi) is 11.4. The quantitative estimate of drug-likeness (QED) is 0.252. The van der Waals surface area contributed by atoms with Crippen molar-refractivity contribution in [3.05, 3.63) is 89.5 Å². The van der Waals surface area contributed by atoms with Crippen molar-refractivity contribution in [2.75, 3.05) is 18.0 Å². The highest BCUT2D eigenvalue weighted by Gasteiger charge is 2.36. The fourth-order valence-electron chi connectivity index (χ4n) is 4.53. The van der Waals surface area contributed by atoms with E-state index in [1.807, 2.05) is 13.8 Å². The standard InChI is InChI=1S/C32H38F3N3O5S/c1-6-23(4)36-31(40)29(7-2)37(20-24-10-8-13-27(18-24)43-5)30(39)21-38(26-12-9-11-25(19-26)32(33,34)35)44(41,42)28-16-14-22(3)15-17-28/h8-19,23,29H,6-7,20-21H2,1-5H3,(H,36,40)/t23-,29+/m0/s1. The van der Waals surface area contributed by atoms with Crippen molar-refractivity contribution < 1.29 is 35.9 Å². The minimum absolute atomic E-state index is 0.0799. The number of nitrogens with one attached hydrogen (secondary N) is 1. The molecule has 0 aliphatic carbocycles. The van der Waals surface area contributed by atoms with Crippen molar-refractivity contribution in [1.29, 1.82) is 0 Å². The molecule has 0 aliphatic rings. The van der Waals surface area contributed by atoms with Gasteiger partial charge in [-0.3, -0.25) is 13.9 Å². The van der Waals surface area contributed by atoms with E-state index in [4.69, 9.17) is 4.74 Å². The minimum Gasteiger partial charge on any atom is -0.497 e. The van der Waals surface area contributed by atoms with E-state index in [-0.39, 0.29) is 29.6 Å². The van der Waals surface area contributed by atoms with Crippen LogP contribution in [0.1, 0.15) is 50.3 Å². The highest BCUT2D eigenvalue weighted by atomic mass is 32.2. The maximum Gasteiger partial charge on any atom is 0.416 e. The number of hydrogen-bond acceptors (Lipinski definition) is 5. The van der Waals surface area contributed by atoms with Crippen LogP contribution in [0, 0.1) is 6.92 Å². The van der Waals surface area contributed by atoms with Gasteiger partial charge in [0.2, 0.25) is 11.8 Å². The Morgan fingerprint density at radius 3 is 2.20 bits per heavy atom. The number of hydrogen-bond donors (Lipinski definition) is 1. The summed E-state index contributed by atoms with van der Waals surface area (Å²) in [5.41, 5.74) is -0.0286. The Bertz CT molecular complexity index is 1550. The first-order valence-corrected chi connectivity index (χ1v) is 15.6. The van der Waals surface area contributed by atoms with Gasteiger partial charge in [0.1, 0.15) is 18.3 Å². The molecule has 3 aromatic carbocycles. The molecule has 0 bridgehead atoms. The largest absolute Gasteiger partial charge is 0.497 e. The second kappa shape index (κ2) is 14.6. The predicted octanol–water partition coefficient (Wildman–Crippen LogP) is 5.94. The van der Waals surface area contributed by atoms with Crippen molar-refractivity contribution in [2.45, 2.75) is 70.2 Å². The van der Waals surface area contributed by atoms with Crippen LogP contribution in [0.3, 0.4) is 0 Å². The molecule has 1 N–H and O–H groups in total. The van der Waals surface area contributed by atoms with E-state index in [1.54, 1.807) is 50.2 Å². The number of methoxy groups -OCH3 is 1. The molecule has 0 aromatic heterocycles. The summed E-state index contributed by atoms with van der Waals surface area (Å²) in [6, 6.07) is 15.3. The summed E-state index contributed by atoms with van der Waals surface area (Å²) in [5, 5.41) is 2.88. The molecule has 0 radical (unpaired) electrons. The average Bonchev–Trinajstić information content (AvgIpc) is 2.99. The smallest absolute Gasteiger partial charge is 0.416 e. The summed E-state index contributed by atoms with van der Waals surface area (Å²) in [7, 11) is -3.04. The first kappa shape index (κ1) is 34.4. The number of sulfonamides is 1. The number of aryl methyl sites for hydroxylation is 1. The SMILES string of the molecule is CC[C@H](C(=O)N[C@@H](C)CC)N(Cc1cccc(OC)c1)C(=O)CN(c1cccc(C(F)(F)F)c1)S(=O)(=O)c1ccc(C)cc1. The molecule has 0 fully saturated rings. The summed E-state index contributed by atoms with van der Waals surface area (Å²) in [5.74, 6) is -0.684. The fourth-order valence-corrected chi connectivity index (χ4v) is 5.94. The van der Waals surface area contributed by atoms with Gasteiger partial charge in [0.05, 0.1) is 23.3 Å². The molecule has 3 rings (SSSR count). The average molecular weight is 634 g/mol. The van der Waals surface area contributed by atoms with Crippen molar-refractivity contribution >= 4 is 27.5 Å². The maximum absolute atomic E-state index is 14.1. The third kappa shape index (κ3) is 8.52. The predicted molar refractivity (Wildman–Crippen MR) is 163 cm³/mol. The Hall–Kier alpha value is -4.06. The van der Waals surface area contributed by atoms with Gasteiger partial charge < -0.3 is 15.0 Å². The highest BCUT2D eigenvalue weighted by molar-refractivity contribution is 7.92. The van der Waals surface area contributed by atoms with E-state index in [0.29, 0.717) is 28.1 Å². The zero-order valence-corrected chi connectivity index (χ0v) is 26.2. The van der Waals surface area contributed by atoms with Gasteiger partial charge >= 0.3 is 6.18 Å². The van der Waals surface area contributed by atoms with Crippen LogP contribution >= 0.6 is 0 Å². The second-order valence-electron chi connectivity index (χ2n) is 10.5. The Labute approximate surface area is 256 Å². The number of nitrogens with zero attached hydrogens (tertiary/aromatic N) is 2. The lowest BCUT2D eigenvalue weighted by Crippen LogP contribution is -2.53. The zero-order chi connectivity index (χ0) is 32.7. The van der Waals surface area contributed by atoms with Crippen LogP contribution < -0.4 is 14.4 Å². The number of carbonyl (C=O) groups is 2. The minimum atomic E-state index is -4.75. The van der Waals surface area contributed by atoms with E-state index in [1.165, 1.54) is 30.2 Å². The number of rotatable bonds is 13. The number of benzene rings is 3. The van der Waals surface area contributed by atoms with Gasteiger partial charge in [0, 0.05) is 12.6 Å². The first-order chi connectivity index (χ1) is 20.7. The Morgan fingerprint density at radius 1 is 0.955 bits per heavy atom. The van der Waals surface area contributed by atoms with Crippen molar-refractivity contribution in [3.8, 4) is 5.75 Å². The van der Waals surface area contributed by atoms with Crippen LogP contribution in [-0.4, -0.2) is 50.9 Å². The summed E-state index contributed by atoms with van der Waals surface area (Å²) >= 11 is 0. The third-order valence-corrected chi connectivity index (χ3v) is 9.01. The number of ether oxygens (including phenoxy) is 1. The van der Waals surface area contributed by atoms with E-state index in [9.17, 15) is 31.2 Å². The zero-order valence-electron chi connectivity index (χ0n) is 25.4. The van der Waals surface area contributed by atoms with Gasteiger partial charge in [0.25, 0.3) is 10.0 Å². The Balaban J connectivity index is 2.13. The van der Waals surface area contributed by atoms with Crippen molar-refractivity contribution in [2.24, 2.45) is 0 Å². The Morgan fingerprint density at radius 2 is 1.61 bits per heavy atom. The van der Waals surface area contributed by atoms with E-state index >= 15 is 0 Å².